The second-order valence-electron chi connectivity index (χ2n) is 7.66. The van der Waals surface area contributed by atoms with E-state index in [1.807, 2.05) is 0 Å². The first-order valence-electron chi connectivity index (χ1n) is 9.14. The van der Waals surface area contributed by atoms with Crippen LogP contribution in [0, 0.1) is 11.3 Å². The van der Waals surface area contributed by atoms with E-state index in [-0.39, 0.29) is 0 Å². The zero-order valence-corrected chi connectivity index (χ0v) is 14.5. The van der Waals surface area contributed by atoms with Gasteiger partial charge in [0.05, 0.1) is 6.61 Å². The average molecular weight is 296 g/mol. The number of hydrogen-bond donors (Lipinski definition) is 1. The highest BCUT2D eigenvalue weighted by molar-refractivity contribution is 4.89. The summed E-state index contributed by atoms with van der Waals surface area (Å²) in [4.78, 5) is 2.65. The van der Waals surface area contributed by atoms with Gasteiger partial charge in [0.25, 0.3) is 0 Å². The van der Waals surface area contributed by atoms with Gasteiger partial charge in [-0.05, 0) is 64.5 Å². The van der Waals surface area contributed by atoms with Crippen molar-refractivity contribution in [2.24, 2.45) is 11.3 Å². The summed E-state index contributed by atoms with van der Waals surface area (Å²) in [6.45, 7) is 9.99. The van der Waals surface area contributed by atoms with E-state index in [2.05, 4.69) is 31.1 Å². The molecule has 1 unspecified atom stereocenters. The number of nitrogens with one attached hydrogen (secondary N) is 1. The van der Waals surface area contributed by atoms with Gasteiger partial charge in [0, 0.05) is 31.2 Å². The molecule has 0 aromatic carbocycles. The molecule has 1 saturated heterocycles. The Morgan fingerprint density at radius 2 is 2.00 bits per heavy atom. The van der Waals surface area contributed by atoms with Gasteiger partial charge in [-0.15, -0.1) is 0 Å². The Labute approximate surface area is 131 Å². The molecule has 1 heterocycles. The molecule has 0 amide bonds. The van der Waals surface area contributed by atoms with E-state index in [0.717, 1.165) is 38.3 Å². The fraction of sp³-hybridized carbons (Fsp3) is 1.00. The molecule has 1 saturated carbocycles. The van der Waals surface area contributed by atoms with E-state index >= 15 is 0 Å². The van der Waals surface area contributed by atoms with E-state index in [0.29, 0.717) is 5.41 Å². The van der Waals surface area contributed by atoms with Gasteiger partial charge < -0.3 is 15.0 Å². The van der Waals surface area contributed by atoms with Crippen molar-refractivity contribution in [1.82, 2.24) is 10.2 Å². The average Bonchev–Trinajstić information content (AvgIpc) is 2.49. The highest BCUT2D eigenvalue weighted by Gasteiger charge is 2.35. The van der Waals surface area contributed by atoms with Crippen molar-refractivity contribution in [2.45, 2.75) is 64.8 Å². The van der Waals surface area contributed by atoms with Crippen LogP contribution in [0.4, 0.5) is 0 Å². The second-order valence-corrected chi connectivity index (χ2v) is 7.66. The van der Waals surface area contributed by atoms with Crippen molar-refractivity contribution >= 4 is 0 Å². The fourth-order valence-corrected chi connectivity index (χ4v) is 4.10. The van der Waals surface area contributed by atoms with E-state index in [9.17, 15) is 0 Å². The topological polar surface area (TPSA) is 24.5 Å². The predicted molar refractivity (Wildman–Crippen MR) is 89.7 cm³/mol. The normalized spacial score (nSPS) is 34.3. The molecular formula is C18H36N2O. The maximum absolute atomic E-state index is 5.85. The van der Waals surface area contributed by atoms with Crippen molar-refractivity contribution in [3.05, 3.63) is 0 Å². The molecule has 124 valence electrons. The van der Waals surface area contributed by atoms with Crippen LogP contribution in [-0.2, 0) is 4.74 Å². The fourth-order valence-electron chi connectivity index (χ4n) is 4.10. The molecule has 0 bridgehead atoms. The summed E-state index contributed by atoms with van der Waals surface area (Å²) >= 11 is 0. The zero-order valence-electron chi connectivity index (χ0n) is 14.5. The standard InChI is InChI=1S/C18H36N2O/c1-4-11-19-13-18(10-5-12-21-15-18)14-20(3)17-8-6-16(2)7-9-17/h16-17,19H,4-15H2,1-3H3. The van der Waals surface area contributed by atoms with Crippen molar-refractivity contribution in [3.8, 4) is 0 Å². The molecule has 2 rings (SSSR count). The minimum Gasteiger partial charge on any atom is -0.381 e. The first kappa shape index (κ1) is 17.2. The van der Waals surface area contributed by atoms with Crippen LogP contribution in [0.25, 0.3) is 0 Å². The molecule has 2 aliphatic rings. The molecular weight excluding hydrogens is 260 g/mol. The summed E-state index contributed by atoms with van der Waals surface area (Å²) in [6, 6.07) is 0.797. The molecule has 0 radical (unpaired) electrons. The lowest BCUT2D eigenvalue weighted by Crippen LogP contribution is -2.50. The van der Waals surface area contributed by atoms with E-state index in [4.69, 9.17) is 4.74 Å². The van der Waals surface area contributed by atoms with Crippen LogP contribution < -0.4 is 5.32 Å². The smallest absolute Gasteiger partial charge is 0.0546 e. The molecule has 1 atom stereocenters. The highest BCUT2D eigenvalue weighted by Crippen LogP contribution is 2.32. The Morgan fingerprint density at radius 1 is 1.24 bits per heavy atom. The Balaban J connectivity index is 1.87. The maximum Gasteiger partial charge on any atom is 0.0546 e. The third-order valence-electron chi connectivity index (χ3n) is 5.52. The lowest BCUT2D eigenvalue weighted by Gasteiger charge is -2.43. The van der Waals surface area contributed by atoms with E-state index in [1.165, 1.54) is 51.5 Å². The first-order valence-corrected chi connectivity index (χ1v) is 9.14. The van der Waals surface area contributed by atoms with Crippen LogP contribution in [0.1, 0.15) is 58.8 Å². The molecule has 0 aromatic rings. The van der Waals surface area contributed by atoms with Gasteiger partial charge in [0.1, 0.15) is 0 Å². The number of ether oxygens (including phenoxy) is 1. The minimum absolute atomic E-state index is 0.339. The van der Waals surface area contributed by atoms with Gasteiger partial charge in [-0.2, -0.15) is 0 Å². The van der Waals surface area contributed by atoms with E-state index in [1.54, 1.807) is 0 Å². The van der Waals surface area contributed by atoms with Gasteiger partial charge in [-0.3, -0.25) is 0 Å². The first-order chi connectivity index (χ1) is 10.2. The zero-order chi connectivity index (χ0) is 15.1. The molecule has 3 heteroatoms. The van der Waals surface area contributed by atoms with Gasteiger partial charge in [0.15, 0.2) is 0 Å². The van der Waals surface area contributed by atoms with Crippen LogP contribution >= 0.6 is 0 Å². The predicted octanol–water partition coefficient (Wildman–Crippen LogP) is 3.29. The molecule has 21 heavy (non-hydrogen) atoms. The van der Waals surface area contributed by atoms with E-state index < -0.39 is 0 Å². The van der Waals surface area contributed by atoms with Gasteiger partial charge in [0.2, 0.25) is 0 Å². The number of rotatable bonds is 7. The SMILES string of the molecule is CCCNCC1(CN(C)C2CCC(C)CC2)CCCOC1. The van der Waals surface area contributed by atoms with Crippen LogP contribution in [0.2, 0.25) is 0 Å². The summed E-state index contributed by atoms with van der Waals surface area (Å²) in [5, 5.41) is 3.65. The summed E-state index contributed by atoms with van der Waals surface area (Å²) in [7, 11) is 2.34. The molecule has 1 aliphatic carbocycles. The quantitative estimate of drug-likeness (QED) is 0.730. The lowest BCUT2D eigenvalue weighted by molar-refractivity contribution is -0.0311. The molecule has 0 aromatic heterocycles. The number of hydrogen-bond acceptors (Lipinski definition) is 3. The Morgan fingerprint density at radius 3 is 2.62 bits per heavy atom. The second kappa shape index (κ2) is 8.50. The molecule has 1 N–H and O–H groups in total. The Kier molecular flexibility index (Phi) is 6.97. The van der Waals surface area contributed by atoms with Crippen molar-refractivity contribution in [3.63, 3.8) is 0 Å². The lowest BCUT2D eigenvalue weighted by atomic mass is 9.80. The monoisotopic (exact) mass is 296 g/mol. The molecule has 2 fully saturated rings. The van der Waals surface area contributed by atoms with Crippen molar-refractivity contribution in [1.29, 1.82) is 0 Å². The van der Waals surface area contributed by atoms with Crippen LogP contribution in [0.15, 0.2) is 0 Å². The third kappa shape index (κ3) is 5.22. The Bertz CT molecular complexity index is 281. The van der Waals surface area contributed by atoms with Crippen molar-refractivity contribution < 1.29 is 4.74 Å². The van der Waals surface area contributed by atoms with Crippen molar-refractivity contribution in [2.75, 3.05) is 39.9 Å². The summed E-state index contributed by atoms with van der Waals surface area (Å²) in [5.74, 6) is 0.938. The van der Waals surface area contributed by atoms with Gasteiger partial charge >= 0.3 is 0 Å². The number of nitrogens with zero attached hydrogens (tertiary/aromatic N) is 1. The largest absolute Gasteiger partial charge is 0.381 e. The van der Waals surface area contributed by atoms with Gasteiger partial charge in [-0.25, -0.2) is 0 Å². The van der Waals surface area contributed by atoms with Crippen LogP contribution in [0.5, 0.6) is 0 Å². The minimum atomic E-state index is 0.339. The Hall–Kier alpha value is -0.120. The highest BCUT2D eigenvalue weighted by atomic mass is 16.5. The van der Waals surface area contributed by atoms with Gasteiger partial charge in [-0.1, -0.05) is 13.8 Å². The third-order valence-corrected chi connectivity index (χ3v) is 5.52. The summed E-state index contributed by atoms with van der Waals surface area (Å²) < 4.78 is 5.85. The van der Waals surface area contributed by atoms with Crippen LogP contribution in [-0.4, -0.2) is 50.8 Å². The van der Waals surface area contributed by atoms with Crippen LogP contribution in [0.3, 0.4) is 0 Å². The molecule has 3 nitrogen and oxygen atoms in total. The summed E-state index contributed by atoms with van der Waals surface area (Å²) in [6.07, 6.45) is 9.35. The molecule has 1 aliphatic heterocycles. The molecule has 0 spiro atoms. The maximum atomic E-state index is 5.85. The summed E-state index contributed by atoms with van der Waals surface area (Å²) in [5.41, 5.74) is 0.339.